The second-order valence-corrected chi connectivity index (χ2v) is 6.42. The van der Waals surface area contributed by atoms with Crippen LogP contribution in [0.25, 0.3) is 5.57 Å². The van der Waals surface area contributed by atoms with Gasteiger partial charge in [-0.05, 0) is 54.5 Å². The molecule has 0 heterocycles. The number of ketones is 1. The molecule has 2 aromatic rings. The number of hydrogen-bond donors (Lipinski definition) is 1. The lowest BCUT2D eigenvalue weighted by Gasteiger charge is -2.15. The fraction of sp³-hybridized carbons (Fsp3) is 0.158. The van der Waals surface area contributed by atoms with Crippen molar-refractivity contribution in [2.24, 2.45) is 0 Å². The average Bonchev–Trinajstić information content (AvgIpc) is 2.56. The Hall–Kier alpha value is -2.81. The van der Waals surface area contributed by atoms with Gasteiger partial charge in [0.15, 0.2) is 5.78 Å². The number of hydrogen-bond acceptors (Lipinski definition) is 2. The first-order chi connectivity index (χ1) is 13.2. The molecule has 0 spiro atoms. The maximum atomic E-state index is 13.5. The summed E-state index contributed by atoms with van der Waals surface area (Å²) in [6, 6.07) is 4.53. The third kappa shape index (κ3) is 5.38. The van der Waals surface area contributed by atoms with Gasteiger partial charge in [-0.3, -0.25) is 4.79 Å². The molecular formula is C19H11ClF6O3. The largest absolute Gasteiger partial charge is 0.478 e. The number of allylic oxidation sites excluding steroid dienone is 2. The maximum Gasteiger partial charge on any atom is 0.417 e. The molecule has 0 aliphatic rings. The van der Waals surface area contributed by atoms with E-state index in [1.165, 1.54) is 6.92 Å². The molecule has 154 valence electrons. The zero-order chi connectivity index (χ0) is 22.1. The van der Waals surface area contributed by atoms with Crippen molar-refractivity contribution in [2.45, 2.75) is 19.3 Å². The van der Waals surface area contributed by atoms with Crippen molar-refractivity contribution in [1.29, 1.82) is 0 Å². The lowest BCUT2D eigenvalue weighted by atomic mass is 9.97. The number of aryl methyl sites for hydroxylation is 1. The van der Waals surface area contributed by atoms with Crippen LogP contribution >= 0.6 is 11.6 Å². The molecular weight excluding hydrogens is 426 g/mol. The van der Waals surface area contributed by atoms with Crippen LogP contribution in [-0.2, 0) is 6.18 Å². The molecule has 2 aromatic carbocycles. The van der Waals surface area contributed by atoms with Crippen LogP contribution in [-0.4, -0.2) is 23.0 Å². The summed E-state index contributed by atoms with van der Waals surface area (Å²) in [6.45, 7) is 1.35. The van der Waals surface area contributed by atoms with E-state index in [0.29, 0.717) is 12.1 Å². The Kier molecular flexibility index (Phi) is 6.13. The molecule has 2 rings (SSSR count). The molecule has 0 aromatic heterocycles. The second-order valence-electron chi connectivity index (χ2n) is 5.98. The molecule has 0 saturated heterocycles. The van der Waals surface area contributed by atoms with Crippen molar-refractivity contribution in [3.8, 4) is 0 Å². The van der Waals surface area contributed by atoms with Crippen molar-refractivity contribution in [3.63, 3.8) is 0 Å². The Balaban J connectivity index is 2.58. The number of carbonyl (C=O) groups excluding carboxylic acids is 1. The first-order valence-electron chi connectivity index (χ1n) is 7.75. The Morgan fingerprint density at radius 3 is 2.07 bits per heavy atom. The van der Waals surface area contributed by atoms with Crippen molar-refractivity contribution >= 4 is 28.9 Å². The van der Waals surface area contributed by atoms with E-state index < -0.39 is 45.8 Å². The van der Waals surface area contributed by atoms with Gasteiger partial charge in [0.2, 0.25) is 0 Å². The molecule has 1 N–H and O–H groups in total. The summed E-state index contributed by atoms with van der Waals surface area (Å²) in [5, 5.41) is 8.38. The molecule has 0 aliphatic carbocycles. The van der Waals surface area contributed by atoms with Crippen LogP contribution < -0.4 is 0 Å². The lowest BCUT2D eigenvalue weighted by molar-refractivity contribution is -0.137. The highest BCUT2D eigenvalue weighted by atomic mass is 35.5. The summed E-state index contributed by atoms with van der Waals surface area (Å²) in [7, 11) is 0. The molecule has 0 atom stereocenters. The molecule has 3 nitrogen and oxygen atoms in total. The summed E-state index contributed by atoms with van der Waals surface area (Å²) in [4.78, 5) is 23.3. The van der Waals surface area contributed by atoms with Crippen LogP contribution in [0.3, 0.4) is 0 Å². The van der Waals surface area contributed by atoms with Crippen molar-refractivity contribution in [3.05, 3.63) is 75.3 Å². The van der Waals surface area contributed by atoms with Crippen LogP contribution in [0.4, 0.5) is 26.3 Å². The zero-order valence-corrected chi connectivity index (χ0v) is 15.2. The third-order valence-corrected chi connectivity index (χ3v) is 4.08. The fourth-order valence-corrected chi connectivity index (χ4v) is 2.74. The number of carboxylic acids is 1. The second kappa shape index (κ2) is 7.90. The van der Waals surface area contributed by atoms with Crippen LogP contribution in [0.5, 0.6) is 0 Å². The van der Waals surface area contributed by atoms with Gasteiger partial charge in [0.05, 0.1) is 16.7 Å². The number of alkyl halides is 6. The number of carbonyl (C=O) groups is 2. The van der Waals surface area contributed by atoms with Gasteiger partial charge in [-0.2, -0.15) is 26.3 Å². The molecule has 10 heteroatoms. The highest BCUT2D eigenvalue weighted by Gasteiger charge is 2.38. The van der Waals surface area contributed by atoms with Crippen LogP contribution in [0.1, 0.15) is 37.4 Å². The number of aromatic carboxylic acids is 1. The molecule has 0 amide bonds. The highest BCUT2D eigenvalue weighted by molar-refractivity contribution is 6.30. The van der Waals surface area contributed by atoms with Crippen molar-refractivity contribution < 1.29 is 41.0 Å². The molecule has 0 saturated carbocycles. The Labute approximate surface area is 165 Å². The smallest absolute Gasteiger partial charge is 0.417 e. The zero-order valence-electron chi connectivity index (χ0n) is 14.5. The number of rotatable bonds is 4. The average molecular weight is 437 g/mol. The fourth-order valence-electron chi connectivity index (χ4n) is 2.51. The first kappa shape index (κ1) is 22.5. The molecule has 0 aliphatic heterocycles. The minimum absolute atomic E-state index is 0.132. The Bertz CT molecular complexity index is 1010. The summed E-state index contributed by atoms with van der Waals surface area (Å²) in [6.07, 6.45) is -9.94. The Morgan fingerprint density at radius 2 is 1.59 bits per heavy atom. The first-order valence-corrected chi connectivity index (χ1v) is 8.13. The quantitative estimate of drug-likeness (QED) is 0.353. The van der Waals surface area contributed by atoms with Gasteiger partial charge in [0.25, 0.3) is 0 Å². The summed E-state index contributed by atoms with van der Waals surface area (Å²) >= 11 is 5.54. The minimum atomic E-state index is -5.15. The monoisotopic (exact) mass is 436 g/mol. The molecule has 0 unspecified atom stereocenters. The summed E-state index contributed by atoms with van der Waals surface area (Å²) < 4.78 is 79.1. The third-order valence-electron chi connectivity index (χ3n) is 3.86. The van der Waals surface area contributed by atoms with Gasteiger partial charge in [-0.25, -0.2) is 4.79 Å². The van der Waals surface area contributed by atoms with Crippen molar-refractivity contribution in [1.82, 2.24) is 0 Å². The van der Waals surface area contributed by atoms with Gasteiger partial charge < -0.3 is 5.11 Å². The molecule has 0 bridgehead atoms. The van der Waals surface area contributed by atoms with E-state index in [4.69, 9.17) is 16.7 Å². The van der Waals surface area contributed by atoms with E-state index in [2.05, 4.69) is 0 Å². The van der Waals surface area contributed by atoms with E-state index in [1.807, 2.05) is 0 Å². The van der Waals surface area contributed by atoms with E-state index in [9.17, 15) is 35.9 Å². The van der Waals surface area contributed by atoms with Gasteiger partial charge in [0, 0.05) is 10.6 Å². The molecule has 0 radical (unpaired) electrons. The standard InChI is InChI=1S/C19H11ClF6O3/c1-9-4-10(2-3-14(9)17(28)29)16(27)8-15(19(24,25)26)11-5-12(18(21,22)23)7-13(20)6-11/h2-8H,1H3,(H,28,29). The van der Waals surface area contributed by atoms with Gasteiger partial charge >= 0.3 is 18.3 Å². The van der Waals surface area contributed by atoms with Crippen LogP contribution in [0, 0.1) is 6.92 Å². The van der Waals surface area contributed by atoms with Crippen LogP contribution in [0.2, 0.25) is 5.02 Å². The van der Waals surface area contributed by atoms with E-state index in [1.54, 1.807) is 0 Å². The minimum Gasteiger partial charge on any atom is -0.478 e. The van der Waals surface area contributed by atoms with Crippen LogP contribution in [0.15, 0.2) is 42.5 Å². The molecule has 0 fully saturated rings. The highest BCUT2D eigenvalue weighted by Crippen LogP contribution is 2.39. The van der Waals surface area contributed by atoms with E-state index >= 15 is 0 Å². The maximum absolute atomic E-state index is 13.5. The van der Waals surface area contributed by atoms with Gasteiger partial charge in [-0.1, -0.05) is 17.7 Å². The summed E-state index contributed by atoms with van der Waals surface area (Å²) in [5.74, 6) is -2.45. The number of halogens is 7. The number of carboxylic acid groups (broad SMARTS) is 1. The lowest BCUT2D eigenvalue weighted by Crippen LogP contribution is -2.14. The number of benzene rings is 2. The van der Waals surface area contributed by atoms with E-state index in [-0.39, 0.29) is 28.8 Å². The topological polar surface area (TPSA) is 54.4 Å². The Morgan fingerprint density at radius 1 is 0.966 bits per heavy atom. The van der Waals surface area contributed by atoms with E-state index in [0.717, 1.165) is 18.2 Å². The molecule has 29 heavy (non-hydrogen) atoms. The van der Waals surface area contributed by atoms with Gasteiger partial charge in [-0.15, -0.1) is 0 Å². The SMILES string of the molecule is Cc1cc(C(=O)C=C(c2cc(Cl)cc(C(F)(F)F)c2)C(F)(F)F)ccc1C(=O)O. The summed E-state index contributed by atoms with van der Waals surface area (Å²) in [5.41, 5.74) is -4.21. The normalized spacial score (nSPS) is 12.8. The predicted molar refractivity (Wildman–Crippen MR) is 93.0 cm³/mol. The van der Waals surface area contributed by atoms with Crippen molar-refractivity contribution in [2.75, 3.05) is 0 Å². The van der Waals surface area contributed by atoms with Gasteiger partial charge in [0.1, 0.15) is 0 Å². The predicted octanol–water partition coefficient (Wildman–Crippen LogP) is 6.19.